The second-order valence-electron chi connectivity index (χ2n) is 5.96. The fraction of sp³-hybridized carbons (Fsp3) is 0.0909. The van der Waals surface area contributed by atoms with E-state index in [1.807, 2.05) is 36.4 Å². The predicted molar refractivity (Wildman–Crippen MR) is 100 cm³/mol. The third-order valence-corrected chi connectivity index (χ3v) is 4.38. The van der Waals surface area contributed by atoms with Crippen molar-refractivity contribution in [2.24, 2.45) is 0 Å². The Morgan fingerprint density at radius 2 is 1.62 bits per heavy atom. The van der Waals surface area contributed by atoms with Crippen molar-refractivity contribution in [3.05, 3.63) is 90.0 Å². The summed E-state index contributed by atoms with van der Waals surface area (Å²) in [5.74, 6) is 1.77. The molecular weight excluding hydrogens is 294 g/mol. The molecule has 0 radical (unpaired) electrons. The van der Waals surface area contributed by atoms with Gasteiger partial charge in [-0.3, -0.25) is 0 Å². The second kappa shape index (κ2) is 6.25. The van der Waals surface area contributed by atoms with E-state index in [0.29, 0.717) is 0 Å². The zero-order chi connectivity index (χ0) is 16.4. The van der Waals surface area contributed by atoms with E-state index in [4.69, 9.17) is 4.74 Å². The van der Waals surface area contributed by atoms with Gasteiger partial charge in [0, 0.05) is 0 Å². The van der Waals surface area contributed by atoms with Crippen LogP contribution in [0.5, 0.6) is 11.5 Å². The molecule has 0 saturated carbocycles. The summed E-state index contributed by atoms with van der Waals surface area (Å²) in [5.41, 5.74) is 5.86. The molecule has 0 saturated heterocycles. The van der Waals surface area contributed by atoms with E-state index in [2.05, 4.69) is 48.3 Å². The molecule has 0 aliphatic carbocycles. The Morgan fingerprint density at radius 1 is 0.833 bits per heavy atom. The van der Waals surface area contributed by atoms with Gasteiger partial charge in [0.25, 0.3) is 0 Å². The molecule has 2 nitrogen and oxygen atoms in total. The third kappa shape index (κ3) is 2.79. The standard InChI is InChI=1S/C22H19NO/c1-2-16-10-12-17(13-11-16)14-15-18-6-5-9-21-22(18)23-19-7-3-4-8-20(19)24-21/h2-13,23H,1,14-15H2. The van der Waals surface area contributed by atoms with Crippen molar-refractivity contribution < 1.29 is 4.74 Å². The zero-order valence-electron chi connectivity index (χ0n) is 13.5. The predicted octanol–water partition coefficient (Wildman–Crippen LogP) is 5.96. The number of aryl methyl sites for hydroxylation is 2. The summed E-state index contributed by atoms with van der Waals surface area (Å²) in [6.07, 6.45) is 3.84. The Bertz CT molecular complexity index is 881. The van der Waals surface area contributed by atoms with Gasteiger partial charge >= 0.3 is 0 Å². The van der Waals surface area contributed by atoms with Crippen molar-refractivity contribution in [3.63, 3.8) is 0 Å². The van der Waals surface area contributed by atoms with E-state index >= 15 is 0 Å². The maximum Gasteiger partial charge on any atom is 0.151 e. The average Bonchev–Trinajstić information content (AvgIpc) is 2.65. The topological polar surface area (TPSA) is 21.3 Å². The minimum Gasteiger partial charge on any atom is -0.453 e. The number of anilines is 2. The van der Waals surface area contributed by atoms with Crippen molar-refractivity contribution in [3.8, 4) is 11.5 Å². The number of hydrogen-bond acceptors (Lipinski definition) is 2. The molecule has 0 amide bonds. The molecule has 4 rings (SSSR count). The highest BCUT2D eigenvalue weighted by atomic mass is 16.5. The summed E-state index contributed by atoms with van der Waals surface area (Å²) >= 11 is 0. The van der Waals surface area contributed by atoms with Crippen LogP contribution in [0, 0.1) is 0 Å². The van der Waals surface area contributed by atoms with Crippen molar-refractivity contribution in [2.45, 2.75) is 12.8 Å². The average molecular weight is 313 g/mol. The lowest BCUT2D eigenvalue weighted by molar-refractivity contribution is 0.480. The quantitative estimate of drug-likeness (QED) is 0.501. The van der Waals surface area contributed by atoms with Gasteiger partial charge in [0.05, 0.1) is 11.4 Å². The number of hydrogen-bond donors (Lipinski definition) is 1. The van der Waals surface area contributed by atoms with E-state index in [-0.39, 0.29) is 0 Å². The molecule has 1 aliphatic heterocycles. The molecular formula is C22H19NO. The lowest BCUT2D eigenvalue weighted by atomic mass is 10.0. The maximum atomic E-state index is 6.03. The van der Waals surface area contributed by atoms with Crippen LogP contribution in [0.4, 0.5) is 11.4 Å². The van der Waals surface area contributed by atoms with Gasteiger partial charge < -0.3 is 10.1 Å². The molecule has 0 unspecified atom stereocenters. The van der Waals surface area contributed by atoms with Crippen LogP contribution >= 0.6 is 0 Å². The first-order chi connectivity index (χ1) is 11.8. The van der Waals surface area contributed by atoms with Crippen LogP contribution in [0.25, 0.3) is 6.08 Å². The molecule has 1 aliphatic rings. The first-order valence-corrected chi connectivity index (χ1v) is 8.21. The molecule has 0 spiro atoms. The van der Waals surface area contributed by atoms with Crippen molar-refractivity contribution in [1.29, 1.82) is 0 Å². The third-order valence-electron chi connectivity index (χ3n) is 4.38. The first-order valence-electron chi connectivity index (χ1n) is 8.21. The lowest BCUT2D eigenvalue weighted by Gasteiger charge is -2.24. The largest absolute Gasteiger partial charge is 0.453 e. The summed E-state index contributed by atoms with van der Waals surface area (Å²) in [7, 11) is 0. The summed E-state index contributed by atoms with van der Waals surface area (Å²) in [5, 5.41) is 3.53. The van der Waals surface area contributed by atoms with Crippen molar-refractivity contribution in [2.75, 3.05) is 5.32 Å². The second-order valence-corrected chi connectivity index (χ2v) is 5.96. The molecule has 118 valence electrons. The highest BCUT2D eigenvalue weighted by Gasteiger charge is 2.18. The van der Waals surface area contributed by atoms with Gasteiger partial charge in [-0.1, -0.05) is 61.2 Å². The smallest absolute Gasteiger partial charge is 0.151 e. The number of para-hydroxylation sites is 3. The van der Waals surface area contributed by atoms with Crippen LogP contribution in [-0.2, 0) is 12.8 Å². The monoisotopic (exact) mass is 313 g/mol. The fourth-order valence-corrected chi connectivity index (χ4v) is 3.02. The molecule has 0 fully saturated rings. The Hall–Kier alpha value is -3.00. The van der Waals surface area contributed by atoms with E-state index < -0.39 is 0 Å². The van der Waals surface area contributed by atoms with Crippen LogP contribution in [0.1, 0.15) is 16.7 Å². The first kappa shape index (κ1) is 14.6. The van der Waals surface area contributed by atoms with Gasteiger partial charge in [-0.05, 0) is 47.7 Å². The number of benzene rings is 3. The Labute approximate surface area is 142 Å². The summed E-state index contributed by atoms with van der Waals surface area (Å²) < 4.78 is 6.03. The molecule has 1 N–H and O–H groups in total. The Morgan fingerprint density at radius 3 is 2.46 bits per heavy atom. The zero-order valence-corrected chi connectivity index (χ0v) is 13.5. The van der Waals surface area contributed by atoms with Crippen LogP contribution in [0.3, 0.4) is 0 Å². The number of nitrogens with one attached hydrogen (secondary N) is 1. The summed E-state index contributed by atoms with van der Waals surface area (Å²) in [4.78, 5) is 0. The molecule has 0 aromatic heterocycles. The van der Waals surface area contributed by atoms with Gasteiger partial charge in [0.2, 0.25) is 0 Å². The lowest BCUT2D eigenvalue weighted by Crippen LogP contribution is -2.06. The van der Waals surface area contributed by atoms with E-state index in [1.165, 1.54) is 11.1 Å². The highest BCUT2D eigenvalue weighted by Crippen LogP contribution is 2.43. The van der Waals surface area contributed by atoms with Gasteiger partial charge in [-0.15, -0.1) is 0 Å². The molecule has 1 heterocycles. The maximum absolute atomic E-state index is 6.03. The summed E-state index contributed by atoms with van der Waals surface area (Å²) in [6, 6.07) is 22.8. The Kier molecular flexibility index (Phi) is 3.80. The minimum absolute atomic E-state index is 0.877. The van der Waals surface area contributed by atoms with E-state index in [1.54, 1.807) is 0 Å². The Balaban J connectivity index is 1.56. The molecule has 0 atom stereocenters. The summed E-state index contributed by atoms with van der Waals surface area (Å²) in [6.45, 7) is 3.80. The molecule has 24 heavy (non-hydrogen) atoms. The van der Waals surface area contributed by atoms with E-state index in [9.17, 15) is 0 Å². The van der Waals surface area contributed by atoms with E-state index in [0.717, 1.165) is 41.3 Å². The number of ether oxygens (including phenoxy) is 1. The van der Waals surface area contributed by atoms with Gasteiger partial charge in [-0.25, -0.2) is 0 Å². The number of rotatable bonds is 4. The number of fused-ring (bicyclic) bond motifs is 2. The molecule has 3 aromatic carbocycles. The minimum atomic E-state index is 0.877. The highest BCUT2D eigenvalue weighted by molar-refractivity contribution is 5.77. The van der Waals surface area contributed by atoms with Crippen LogP contribution in [0.2, 0.25) is 0 Å². The molecule has 0 bridgehead atoms. The fourth-order valence-electron chi connectivity index (χ4n) is 3.02. The van der Waals surface area contributed by atoms with Crippen LogP contribution < -0.4 is 10.1 Å². The van der Waals surface area contributed by atoms with Gasteiger partial charge in [-0.2, -0.15) is 0 Å². The normalized spacial score (nSPS) is 11.7. The molecule has 2 heteroatoms. The van der Waals surface area contributed by atoms with Gasteiger partial charge in [0.15, 0.2) is 11.5 Å². The van der Waals surface area contributed by atoms with Gasteiger partial charge in [0.1, 0.15) is 0 Å². The van der Waals surface area contributed by atoms with Crippen molar-refractivity contribution in [1.82, 2.24) is 0 Å². The van der Waals surface area contributed by atoms with Crippen molar-refractivity contribution >= 4 is 17.5 Å². The van der Waals surface area contributed by atoms with Crippen LogP contribution in [-0.4, -0.2) is 0 Å². The van der Waals surface area contributed by atoms with Crippen LogP contribution in [0.15, 0.2) is 73.3 Å². The SMILES string of the molecule is C=Cc1ccc(CCc2cccc3c2Nc2ccccc2O3)cc1. The molecule has 3 aromatic rings.